The lowest BCUT2D eigenvalue weighted by Gasteiger charge is -2.05. The molecular formula is C8H13N3O2. The van der Waals surface area contributed by atoms with E-state index >= 15 is 0 Å². The Morgan fingerprint density at radius 2 is 2.54 bits per heavy atom. The second-order valence-corrected chi connectivity index (χ2v) is 2.80. The van der Waals surface area contributed by atoms with Crippen LogP contribution >= 0.6 is 0 Å². The molecule has 0 saturated heterocycles. The number of hydrogen-bond acceptors (Lipinski definition) is 4. The zero-order chi connectivity index (χ0) is 9.84. The summed E-state index contributed by atoms with van der Waals surface area (Å²) in [6.07, 6.45) is 1.94. The van der Waals surface area contributed by atoms with Crippen LogP contribution in [0.2, 0.25) is 0 Å². The topological polar surface area (TPSA) is 70.1 Å². The molecule has 2 N–H and O–H groups in total. The van der Waals surface area contributed by atoms with Gasteiger partial charge in [-0.2, -0.15) is 5.10 Å². The number of carbonyl (C=O) groups excluding carboxylic acids is 1. The highest BCUT2D eigenvalue weighted by molar-refractivity contribution is 5.70. The maximum Gasteiger partial charge on any atom is 0.307 e. The van der Waals surface area contributed by atoms with Crippen LogP contribution in [0.15, 0.2) is 12.3 Å². The molecule has 1 aromatic rings. The number of rotatable bonds is 3. The molecule has 0 aliphatic rings. The molecule has 5 nitrogen and oxygen atoms in total. The number of nitrogens with two attached hydrogens (primary N) is 1. The second kappa shape index (κ2) is 4.04. The first-order chi connectivity index (χ1) is 6.13. The summed E-state index contributed by atoms with van der Waals surface area (Å²) >= 11 is 0. The van der Waals surface area contributed by atoms with Crippen molar-refractivity contribution in [3.05, 3.63) is 18.0 Å². The van der Waals surface area contributed by atoms with Crippen LogP contribution in [0.25, 0.3) is 0 Å². The van der Waals surface area contributed by atoms with Gasteiger partial charge in [-0.1, -0.05) is 0 Å². The van der Waals surface area contributed by atoms with E-state index in [0.29, 0.717) is 5.69 Å². The molecule has 0 unspecified atom stereocenters. The van der Waals surface area contributed by atoms with Gasteiger partial charge in [0.1, 0.15) is 0 Å². The van der Waals surface area contributed by atoms with E-state index in [1.807, 2.05) is 0 Å². The summed E-state index contributed by atoms with van der Waals surface area (Å²) in [5.74, 6) is -0.321. The van der Waals surface area contributed by atoms with Crippen molar-refractivity contribution in [1.82, 2.24) is 9.78 Å². The summed E-state index contributed by atoms with van der Waals surface area (Å²) in [5.41, 5.74) is 6.41. The standard InChI is InChI=1S/C8H13N3O2/c1-11-4-3-7(10-11)6(9)5-8(12)13-2/h3-4,6H,5,9H2,1-2H3/t6-/m0/s1. The Morgan fingerprint density at radius 3 is 3.00 bits per heavy atom. The molecule has 0 amide bonds. The molecule has 0 radical (unpaired) electrons. The average Bonchev–Trinajstić information content (AvgIpc) is 2.51. The molecule has 0 aliphatic carbocycles. The lowest BCUT2D eigenvalue weighted by atomic mass is 10.1. The van der Waals surface area contributed by atoms with Crippen molar-refractivity contribution in [1.29, 1.82) is 0 Å². The second-order valence-electron chi connectivity index (χ2n) is 2.80. The summed E-state index contributed by atoms with van der Waals surface area (Å²) in [6.45, 7) is 0. The van der Waals surface area contributed by atoms with Gasteiger partial charge >= 0.3 is 5.97 Å². The van der Waals surface area contributed by atoms with Crippen LogP contribution in [0.4, 0.5) is 0 Å². The van der Waals surface area contributed by atoms with Crippen LogP contribution < -0.4 is 5.73 Å². The highest BCUT2D eigenvalue weighted by atomic mass is 16.5. The third-order valence-electron chi connectivity index (χ3n) is 1.73. The number of ether oxygens (including phenoxy) is 1. The number of carbonyl (C=O) groups is 1. The first-order valence-electron chi connectivity index (χ1n) is 3.95. The summed E-state index contributed by atoms with van der Waals surface area (Å²) in [5, 5.41) is 4.08. The number of aromatic nitrogens is 2. The minimum absolute atomic E-state index is 0.160. The quantitative estimate of drug-likeness (QED) is 0.669. The predicted octanol–water partition coefficient (Wildman–Crippen LogP) is -0.0170. The van der Waals surface area contributed by atoms with E-state index in [1.165, 1.54) is 7.11 Å². The molecule has 0 fully saturated rings. The van der Waals surface area contributed by atoms with Crippen LogP contribution in [-0.4, -0.2) is 22.9 Å². The summed E-state index contributed by atoms with van der Waals surface area (Å²) in [4.78, 5) is 10.9. The van der Waals surface area contributed by atoms with E-state index in [4.69, 9.17) is 5.73 Å². The van der Waals surface area contributed by atoms with Crippen LogP contribution in [-0.2, 0) is 16.6 Å². The summed E-state index contributed by atoms with van der Waals surface area (Å²) in [7, 11) is 3.14. The Balaban J connectivity index is 2.58. The van der Waals surface area contributed by atoms with Crippen LogP contribution in [0, 0.1) is 0 Å². The number of esters is 1. The third-order valence-corrected chi connectivity index (χ3v) is 1.73. The van der Waals surface area contributed by atoms with Crippen molar-refractivity contribution >= 4 is 5.97 Å². The zero-order valence-corrected chi connectivity index (χ0v) is 7.73. The number of nitrogens with zero attached hydrogens (tertiary/aromatic N) is 2. The number of methoxy groups -OCH3 is 1. The minimum atomic E-state index is -0.381. The lowest BCUT2D eigenvalue weighted by molar-refractivity contribution is -0.141. The summed E-state index contributed by atoms with van der Waals surface area (Å²) < 4.78 is 6.14. The Morgan fingerprint density at radius 1 is 1.85 bits per heavy atom. The largest absolute Gasteiger partial charge is 0.469 e. The normalized spacial score (nSPS) is 12.5. The first-order valence-corrected chi connectivity index (χ1v) is 3.95. The summed E-state index contributed by atoms with van der Waals surface area (Å²) in [6, 6.07) is 1.40. The molecule has 13 heavy (non-hydrogen) atoms. The maximum absolute atomic E-state index is 10.9. The maximum atomic E-state index is 10.9. The van der Waals surface area contributed by atoms with Crippen LogP contribution in [0.1, 0.15) is 18.2 Å². The average molecular weight is 183 g/mol. The van der Waals surface area contributed by atoms with Crippen molar-refractivity contribution in [2.24, 2.45) is 12.8 Å². The van der Waals surface area contributed by atoms with Crippen LogP contribution in [0.5, 0.6) is 0 Å². The van der Waals surface area contributed by atoms with Gasteiger partial charge in [0, 0.05) is 13.2 Å². The molecule has 0 aromatic carbocycles. The molecule has 0 spiro atoms. The highest BCUT2D eigenvalue weighted by Crippen LogP contribution is 2.10. The first kappa shape index (κ1) is 9.73. The van der Waals surface area contributed by atoms with Crippen molar-refractivity contribution in [2.45, 2.75) is 12.5 Å². The van der Waals surface area contributed by atoms with Crippen molar-refractivity contribution in [3.63, 3.8) is 0 Å². The molecule has 1 aromatic heterocycles. The molecule has 0 aliphatic heterocycles. The smallest absolute Gasteiger partial charge is 0.307 e. The van der Waals surface area contributed by atoms with Gasteiger partial charge in [0.15, 0.2) is 0 Å². The number of aryl methyl sites for hydroxylation is 1. The van der Waals surface area contributed by atoms with E-state index in [2.05, 4.69) is 9.84 Å². The molecular weight excluding hydrogens is 170 g/mol. The highest BCUT2D eigenvalue weighted by Gasteiger charge is 2.13. The van der Waals surface area contributed by atoms with Gasteiger partial charge in [0.2, 0.25) is 0 Å². The van der Waals surface area contributed by atoms with E-state index in [1.54, 1.807) is 24.0 Å². The van der Waals surface area contributed by atoms with Gasteiger partial charge < -0.3 is 10.5 Å². The van der Waals surface area contributed by atoms with E-state index in [9.17, 15) is 4.79 Å². The minimum Gasteiger partial charge on any atom is -0.469 e. The molecule has 0 saturated carbocycles. The fourth-order valence-electron chi connectivity index (χ4n) is 0.998. The zero-order valence-electron chi connectivity index (χ0n) is 7.73. The molecule has 1 rings (SSSR count). The molecule has 5 heteroatoms. The third kappa shape index (κ3) is 2.55. The molecule has 72 valence electrons. The SMILES string of the molecule is COC(=O)C[C@H](N)c1ccn(C)n1. The lowest BCUT2D eigenvalue weighted by Crippen LogP contribution is -2.17. The van der Waals surface area contributed by atoms with Gasteiger partial charge in [-0.25, -0.2) is 0 Å². The molecule has 1 atom stereocenters. The van der Waals surface area contributed by atoms with Crippen molar-refractivity contribution in [2.75, 3.05) is 7.11 Å². The van der Waals surface area contributed by atoms with Gasteiger partial charge in [-0.3, -0.25) is 9.48 Å². The van der Waals surface area contributed by atoms with E-state index < -0.39 is 0 Å². The van der Waals surface area contributed by atoms with Crippen molar-refractivity contribution in [3.8, 4) is 0 Å². The predicted molar refractivity (Wildman–Crippen MR) is 46.8 cm³/mol. The van der Waals surface area contributed by atoms with Crippen molar-refractivity contribution < 1.29 is 9.53 Å². The molecule has 0 bridgehead atoms. The van der Waals surface area contributed by atoms with Gasteiger partial charge in [-0.05, 0) is 6.07 Å². The van der Waals surface area contributed by atoms with Crippen LogP contribution in [0.3, 0.4) is 0 Å². The fraction of sp³-hybridized carbons (Fsp3) is 0.500. The fourth-order valence-corrected chi connectivity index (χ4v) is 0.998. The Kier molecular flexibility index (Phi) is 3.02. The Bertz CT molecular complexity index is 295. The van der Waals surface area contributed by atoms with E-state index in [0.717, 1.165) is 0 Å². The van der Waals surface area contributed by atoms with Gasteiger partial charge in [0.05, 0.1) is 25.3 Å². The number of hydrogen-bond donors (Lipinski definition) is 1. The Hall–Kier alpha value is -1.36. The molecule has 1 heterocycles. The van der Waals surface area contributed by atoms with E-state index in [-0.39, 0.29) is 18.4 Å². The Labute approximate surface area is 76.5 Å². The monoisotopic (exact) mass is 183 g/mol. The van der Waals surface area contributed by atoms with Gasteiger partial charge in [-0.15, -0.1) is 0 Å². The van der Waals surface area contributed by atoms with Gasteiger partial charge in [0.25, 0.3) is 0 Å².